The average Bonchev–Trinajstić information content (AvgIpc) is 2.77. The molecule has 4 heteroatoms. The standard InChI is InChI=1S/C11H13N3O/c1-2-9-6-13-14-10(9)5-8(1)11-7-15-4-3-12-11/h1-2,5-6,11-12H,3-4,7H2,(H,13,14). The van der Waals surface area contributed by atoms with E-state index in [0.29, 0.717) is 6.04 Å². The van der Waals surface area contributed by atoms with Crippen LogP contribution in [0.5, 0.6) is 0 Å². The summed E-state index contributed by atoms with van der Waals surface area (Å²) in [4.78, 5) is 0. The van der Waals surface area contributed by atoms with E-state index in [1.807, 2.05) is 6.20 Å². The van der Waals surface area contributed by atoms with Gasteiger partial charge >= 0.3 is 0 Å². The summed E-state index contributed by atoms with van der Waals surface area (Å²) in [5, 5.41) is 11.6. The van der Waals surface area contributed by atoms with Crippen LogP contribution in [0.3, 0.4) is 0 Å². The summed E-state index contributed by atoms with van der Waals surface area (Å²) in [7, 11) is 0. The van der Waals surface area contributed by atoms with E-state index in [1.165, 1.54) is 5.56 Å². The molecule has 2 heterocycles. The van der Waals surface area contributed by atoms with E-state index in [9.17, 15) is 0 Å². The number of rotatable bonds is 1. The first-order valence-corrected chi connectivity index (χ1v) is 5.18. The van der Waals surface area contributed by atoms with Crippen LogP contribution in [0.4, 0.5) is 0 Å². The highest BCUT2D eigenvalue weighted by molar-refractivity contribution is 5.78. The summed E-state index contributed by atoms with van der Waals surface area (Å²) in [5.74, 6) is 0. The summed E-state index contributed by atoms with van der Waals surface area (Å²) in [6.45, 7) is 2.48. The second kappa shape index (κ2) is 3.64. The van der Waals surface area contributed by atoms with Crippen molar-refractivity contribution < 1.29 is 4.74 Å². The Morgan fingerprint density at radius 1 is 1.40 bits per heavy atom. The molecule has 1 fully saturated rings. The van der Waals surface area contributed by atoms with Crippen molar-refractivity contribution in [3.8, 4) is 0 Å². The predicted octanol–water partition coefficient (Wildman–Crippen LogP) is 1.22. The van der Waals surface area contributed by atoms with Gasteiger partial charge in [0.25, 0.3) is 0 Å². The number of hydrogen-bond donors (Lipinski definition) is 2. The fraction of sp³-hybridized carbons (Fsp3) is 0.364. The molecule has 0 amide bonds. The number of fused-ring (bicyclic) bond motifs is 1. The highest BCUT2D eigenvalue weighted by Gasteiger charge is 2.15. The third-order valence-electron chi connectivity index (χ3n) is 2.79. The van der Waals surface area contributed by atoms with Crippen LogP contribution in [0.25, 0.3) is 10.9 Å². The quantitative estimate of drug-likeness (QED) is 0.732. The molecular formula is C11H13N3O. The van der Waals surface area contributed by atoms with Gasteiger partial charge in [0.15, 0.2) is 0 Å². The molecule has 78 valence electrons. The van der Waals surface area contributed by atoms with E-state index in [1.54, 1.807) is 0 Å². The van der Waals surface area contributed by atoms with Gasteiger partial charge in [-0.2, -0.15) is 5.10 Å². The zero-order valence-electron chi connectivity index (χ0n) is 8.36. The Kier molecular flexibility index (Phi) is 2.16. The lowest BCUT2D eigenvalue weighted by Crippen LogP contribution is -2.34. The molecule has 1 unspecified atom stereocenters. The highest BCUT2D eigenvalue weighted by atomic mass is 16.5. The van der Waals surface area contributed by atoms with Crippen LogP contribution in [0.15, 0.2) is 24.4 Å². The molecular weight excluding hydrogens is 190 g/mol. The van der Waals surface area contributed by atoms with Crippen LogP contribution >= 0.6 is 0 Å². The zero-order valence-corrected chi connectivity index (χ0v) is 8.36. The van der Waals surface area contributed by atoms with Crippen LogP contribution < -0.4 is 5.32 Å². The van der Waals surface area contributed by atoms with Gasteiger partial charge in [0.1, 0.15) is 0 Å². The number of nitrogens with one attached hydrogen (secondary N) is 2. The van der Waals surface area contributed by atoms with Crippen molar-refractivity contribution in [3.05, 3.63) is 30.0 Å². The fourth-order valence-electron chi connectivity index (χ4n) is 1.95. The molecule has 1 aliphatic rings. The van der Waals surface area contributed by atoms with Gasteiger partial charge < -0.3 is 10.1 Å². The van der Waals surface area contributed by atoms with Gasteiger partial charge in [-0.25, -0.2) is 0 Å². The minimum Gasteiger partial charge on any atom is -0.378 e. The van der Waals surface area contributed by atoms with Crippen molar-refractivity contribution in [3.63, 3.8) is 0 Å². The molecule has 1 aromatic carbocycles. The van der Waals surface area contributed by atoms with Gasteiger partial charge in [0.2, 0.25) is 0 Å². The summed E-state index contributed by atoms with van der Waals surface area (Å²) >= 11 is 0. The Labute approximate surface area is 87.6 Å². The maximum absolute atomic E-state index is 5.44. The van der Waals surface area contributed by atoms with Crippen molar-refractivity contribution in [1.29, 1.82) is 0 Å². The van der Waals surface area contributed by atoms with E-state index >= 15 is 0 Å². The highest BCUT2D eigenvalue weighted by Crippen LogP contribution is 2.20. The Balaban J connectivity index is 1.95. The molecule has 0 aliphatic carbocycles. The van der Waals surface area contributed by atoms with Gasteiger partial charge in [0.05, 0.1) is 31.0 Å². The van der Waals surface area contributed by atoms with E-state index < -0.39 is 0 Å². The van der Waals surface area contributed by atoms with Crippen molar-refractivity contribution in [2.45, 2.75) is 6.04 Å². The summed E-state index contributed by atoms with van der Waals surface area (Å²) in [5.41, 5.74) is 2.34. The molecule has 1 aliphatic heterocycles. The van der Waals surface area contributed by atoms with Gasteiger partial charge in [-0.3, -0.25) is 5.10 Å². The largest absolute Gasteiger partial charge is 0.378 e. The first-order chi connectivity index (χ1) is 7.43. The first kappa shape index (κ1) is 8.88. The van der Waals surface area contributed by atoms with Gasteiger partial charge in [-0.05, 0) is 11.6 Å². The number of H-pyrrole nitrogens is 1. The third-order valence-corrected chi connectivity index (χ3v) is 2.79. The number of hydrogen-bond acceptors (Lipinski definition) is 3. The van der Waals surface area contributed by atoms with E-state index in [4.69, 9.17) is 4.74 Å². The molecule has 2 N–H and O–H groups in total. The number of nitrogens with zero attached hydrogens (tertiary/aromatic N) is 1. The zero-order chi connectivity index (χ0) is 10.1. The predicted molar refractivity (Wildman–Crippen MR) is 57.7 cm³/mol. The maximum Gasteiger partial charge on any atom is 0.0662 e. The minimum atomic E-state index is 0.312. The molecule has 1 saturated heterocycles. The first-order valence-electron chi connectivity index (χ1n) is 5.18. The number of aromatic nitrogens is 2. The van der Waals surface area contributed by atoms with Crippen molar-refractivity contribution in [1.82, 2.24) is 15.5 Å². The Morgan fingerprint density at radius 3 is 3.27 bits per heavy atom. The van der Waals surface area contributed by atoms with Crippen LogP contribution in [-0.4, -0.2) is 30.0 Å². The number of morpholine rings is 1. The molecule has 2 aromatic rings. The Morgan fingerprint density at radius 2 is 2.40 bits per heavy atom. The van der Waals surface area contributed by atoms with E-state index in [-0.39, 0.29) is 0 Å². The summed E-state index contributed by atoms with van der Waals surface area (Å²) in [6, 6.07) is 6.66. The molecule has 1 aromatic heterocycles. The Hall–Kier alpha value is -1.39. The van der Waals surface area contributed by atoms with Gasteiger partial charge in [-0.1, -0.05) is 12.1 Å². The van der Waals surface area contributed by atoms with Crippen LogP contribution in [-0.2, 0) is 4.74 Å². The number of aromatic amines is 1. The van der Waals surface area contributed by atoms with Crippen molar-refractivity contribution in [2.24, 2.45) is 0 Å². The average molecular weight is 203 g/mol. The Bertz CT molecular complexity index is 460. The number of benzene rings is 1. The third kappa shape index (κ3) is 1.62. The van der Waals surface area contributed by atoms with Crippen LogP contribution in [0.1, 0.15) is 11.6 Å². The van der Waals surface area contributed by atoms with Crippen LogP contribution in [0, 0.1) is 0 Å². The molecule has 0 saturated carbocycles. The van der Waals surface area contributed by atoms with Crippen molar-refractivity contribution in [2.75, 3.05) is 19.8 Å². The lowest BCUT2D eigenvalue weighted by atomic mass is 10.1. The van der Waals surface area contributed by atoms with E-state index in [0.717, 1.165) is 30.7 Å². The molecule has 0 radical (unpaired) electrons. The lowest BCUT2D eigenvalue weighted by molar-refractivity contribution is 0.0769. The molecule has 1 atom stereocenters. The topological polar surface area (TPSA) is 49.9 Å². The molecule has 0 spiro atoms. The van der Waals surface area contributed by atoms with Gasteiger partial charge in [-0.15, -0.1) is 0 Å². The van der Waals surface area contributed by atoms with Gasteiger partial charge in [0, 0.05) is 11.9 Å². The van der Waals surface area contributed by atoms with E-state index in [2.05, 4.69) is 33.7 Å². The minimum absolute atomic E-state index is 0.312. The smallest absolute Gasteiger partial charge is 0.0662 e. The maximum atomic E-state index is 5.44. The monoisotopic (exact) mass is 203 g/mol. The molecule has 15 heavy (non-hydrogen) atoms. The molecule has 0 bridgehead atoms. The normalized spacial score (nSPS) is 22.0. The summed E-state index contributed by atoms with van der Waals surface area (Å²) in [6.07, 6.45) is 1.84. The second-order valence-corrected chi connectivity index (χ2v) is 3.80. The number of ether oxygens (including phenoxy) is 1. The fourth-order valence-corrected chi connectivity index (χ4v) is 1.95. The lowest BCUT2D eigenvalue weighted by Gasteiger charge is -2.24. The SMILES string of the molecule is c1cc2cn[nH]c2cc1C1COCCN1. The van der Waals surface area contributed by atoms with Crippen LogP contribution in [0.2, 0.25) is 0 Å². The van der Waals surface area contributed by atoms with Crippen molar-refractivity contribution >= 4 is 10.9 Å². The molecule has 3 rings (SSSR count). The second-order valence-electron chi connectivity index (χ2n) is 3.80. The molecule has 4 nitrogen and oxygen atoms in total. The summed E-state index contributed by atoms with van der Waals surface area (Å²) < 4.78 is 5.44.